The van der Waals surface area contributed by atoms with E-state index < -0.39 is 6.10 Å². The number of carbonyl (C=O) groups is 1. The van der Waals surface area contributed by atoms with Gasteiger partial charge in [0.05, 0.1) is 32.0 Å². The molecule has 1 aromatic rings. The second-order valence-electron chi connectivity index (χ2n) is 5.91. The van der Waals surface area contributed by atoms with Crippen LogP contribution in [0, 0.1) is 6.92 Å². The molecule has 0 aliphatic carbocycles. The summed E-state index contributed by atoms with van der Waals surface area (Å²) in [5, 5.41) is 9.96. The van der Waals surface area contributed by atoms with Crippen molar-refractivity contribution in [2.45, 2.75) is 33.0 Å². The average molecular weight is 324 g/mol. The Hall–Kier alpha value is -1.63. The molecule has 3 N–H and O–H groups in total. The van der Waals surface area contributed by atoms with Crippen LogP contribution >= 0.6 is 0 Å². The number of aliphatic hydroxyl groups excluding tert-OH is 1. The number of likely N-dealkylation sites (N-methyl/N-ethyl adjacent to an activating group) is 1. The fourth-order valence-corrected chi connectivity index (χ4v) is 2.09. The highest BCUT2D eigenvalue weighted by atomic mass is 16.5. The third-order valence-corrected chi connectivity index (χ3v) is 3.31. The summed E-state index contributed by atoms with van der Waals surface area (Å²) in [4.78, 5) is 13.9. The first-order valence-electron chi connectivity index (χ1n) is 7.80. The van der Waals surface area contributed by atoms with Crippen LogP contribution in [0.15, 0.2) is 18.2 Å². The van der Waals surface area contributed by atoms with E-state index in [2.05, 4.69) is 0 Å². The van der Waals surface area contributed by atoms with Crippen molar-refractivity contribution in [2.75, 3.05) is 39.1 Å². The van der Waals surface area contributed by atoms with Crippen LogP contribution in [0.5, 0.6) is 0 Å². The van der Waals surface area contributed by atoms with Gasteiger partial charge < -0.3 is 25.2 Å². The minimum Gasteiger partial charge on any atom is -0.399 e. The molecule has 0 bridgehead atoms. The van der Waals surface area contributed by atoms with Gasteiger partial charge in [-0.25, -0.2) is 0 Å². The number of aliphatic hydroxyl groups is 1. The van der Waals surface area contributed by atoms with E-state index in [1.165, 1.54) is 4.90 Å². The predicted molar refractivity (Wildman–Crippen MR) is 90.5 cm³/mol. The number of nitrogens with zero attached hydrogens (tertiary/aromatic N) is 1. The van der Waals surface area contributed by atoms with Crippen molar-refractivity contribution < 1.29 is 19.4 Å². The molecule has 1 unspecified atom stereocenters. The first kappa shape index (κ1) is 19.4. The lowest BCUT2D eigenvalue weighted by Crippen LogP contribution is -2.37. The van der Waals surface area contributed by atoms with E-state index >= 15 is 0 Å². The van der Waals surface area contributed by atoms with Gasteiger partial charge in [0, 0.05) is 24.8 Å². The highest BCUT2D eigenvalue weighted by Gasteiger charge is 2.17. The lowest BCUT2D eigenvalue weighted by atomic mass is 10.1. The average Bonchev–Trinajstić information content (AvgIpc) is 2.48. The molecule has 1 amide bonds. The number of ether oxygens (including phenoxy) is 2. The summed E-state index contributed by atoms with van der Waals surface area (Å²) in [6.07, 6.45) is -0.585. The van der Waals surface area contributed by atoms with Crippen LogP contribution in [0.2, 0.25) is 0 Å². The van der Waals surface area contributed by atoms with Gasteiger partial charge in [0.15, 0.2) is 0 Å². The molecule has 0 saturated carbocycles. The Balaban J connectivity index is 2.41. The minimum atomic E-state index is -0.746. The molecule has 6 nitrogen and oxygen atoms in total. The summed E-state index contributed by atoms with van der Waals surface area (Å²) >= 11 is 0. The third-order valence-electron chi connectivity index (χ3n) is 3.31. The Kier molecular flexibility index (Phi) is 8.02. The third kappa shape index (κ3) is 6.99. The van der Waals surface area contributed by atoms with Gasteiger partial charge in [-0.05, 0) is 38.5 Å². The van der Waals surface area contributed by atoms with Crippen molar-refractivity contribution >= 4 is 11.6 Å². The molecule has 0 radical (unpaired) electrons. The zero-order chi connectivity index (χ0) is 17.4. The lowest BCUT2D eigenvalue weighted by Gasteiger charge is -2.22. The molecule has 0 aliphatic rings. The number of amides is 1. The van der Waals surface area contributed by atoms with Crippen molar-refractivity contribution in [1.29, 1.82) is 0 Å². The number of anilines is 1. The van der Waals surface area contributed by atoms with Crippen LogP contribution in [-0.4, -0.2) is 61.5 Å². The number of benzene rings is 1. The molecule has 0 spiro atoms. The van der Waals surface area contributed by atoms with Crippen molar-refractivity contribution in [3.05, 3.63) is 29.3 Å². The van der Waals surface area contributed by atoms with Gasteiger partial charge in [0.1, 0.15) is 0 Å². The second kappa shape index (κ2) is 9.50. The van der Waals surface area contributed by atoms with E-state index in [0.29, 0.717) is 24.5 Å². The van der Waals surface area contributed by atoms with Crippen LogP contribution in [-0.2, 0) is 9.47 Å². The largest absolute Gasteiger partial charge is 0.399 e. The minimum absolute atomic E-state index is 0.161. The van der Waals surface area contributed by atoms with Gasteiger partial charge in [-0.1, -0.05) is 6.07 Å². The first-order chi connectivity index (χ1) is 10.8. The summed E-state index contributed by atoms with van der Waals surface area (Å²) in [6.45, 7) is 7.02. The maximum atomic E-state index is 12.4. The van der Waals surface area contributed by atoms with Crippen LogP contribution in [0.4, 0.5) is 5.69 Å². The highest BCUT2D eigenvalue weighted by Crippen LogP contribution is 2.14. The Morgan fingerprint density at radius 2 is 2.04 bits per heavy atom. The Labute approximate surface area is 138 Å². The molecule has 0 aliphatic heterocycles. The molecule has 1 rings (SSSR count). The van der Waals surface area contributed by atoms with Crippen LogP contribution < -0.4 is 5.73 Å². The van der Waals surface area contributed by atoms with E-state index in [4.69, 9.17) is 15.2 Å². The van der Waals surface area contributed by atoms with Crippen molar-refractivity contribution in [2.24, 2.45) is 0 Å². The molecule has 0 aromatic heterocycles. The zero-order valence-electron chi connectivity index (χ0n) is 14.4. The Morgan fingerprint density at radius 3 is 2.70 bits per heavy atom. The molecule has 0 heterocycles. The summed E-state index contributed by atoms with van der Waals surface area (Å²) < 4.78 is 10.7. The topological polar surface area (TPSA) is 85.0 Å². The summed E-state index contributed by atoms with van der Waals surface area (Å²) in [7, 11) is 1.65. The monoisotopic (exact) mass is 324 g/mol. The molecule has 23 heavy (non-hydrogen) atoms. The highest BCUT2D eigenvalue weighted by molar-refractivity contribution is 5.96. The molecule has 1 aromatic carbocycles. The van der Waals surface area contributed by atoms with Gasteiger partial charge >= 0.3 is 0 Å². The van der Waals surface area contributed by atoms with Crippen LogP contribution in [0.1, 0.15) is 29.8 Å². The summed E-state index contributed by atoms with van der Waals surface area (Å²) in [5.74, 6) is -0.169. The lowest BCUT2D eigenvalue weighted by molar-refractivity contribution is -0.0160. The Bertz CT molecular complexity index is 505. The molecule has 0 fully saturated rings. The number of hydrogen-bond donors (Lipinski definition) is 2. The number of nitrogens with two attached hydrogens (primary N) is 1. The summed E-state index contributed by atoms with van der Waals surface area (Å²) in [6, 6.07) is 5.22. The molecule has 0 saturated heterocycles. The van der Waals surface area contributed by atoms with Gasteiger partial charge in [-0.2, -0.15) is 0 Å². The van der Waals surface area contributed by atoms with Gasteiger partial charge in [-0.3, -0.25) is 4.79 Å². The maximum absolute atomic E-state index is 12.4. The van der Waals surface area contributed by atoms with E-state index in [1.807, 2.05) is 26.8 Å². The molecule has 130 valence electrons. The molecular weight excluding hydrogens is 296 g/mol. The molecule has 1 atom stereocenters. The number of rotatable bonds is 9. The fraction of sp³-hybridized carbons (Fsp3) is 0.588. The first-order valence-corrected chi connectivity index (χ1v) is 7.80. The number of aryl methyl sites for hydroxylation is 1. The predicted octanol–water partition coefficient (Wildman–Crippen LogP) is 1.45. The van der Waals surface area contributed by atoms with Gasteiger partial charge in [-0.15, -0.1) is 0 Å². The van der Waals surface area contributed by atoms with Gasteiger partial charge in [0.25, 0.3) is 5.91 Å². The number of carbonyl (C=O) groups excluding carboxylic acids is 1. The van der Waals surface area contributed by atoms with Crippen LogP contribution in [0.3, 0.4) is 0 Å². The maximum Gasteiger partial charge on any atom is 0.254 e. The fourth-order valence-electron chi connectivity index (χ4n) is 2.09. The van der Waals surface area contributed by atoms with E-state index in [-0.39, 0.29) is 25.2 Å². The second-order valence-corrected chi connectivity index (χ2v) is 5.91. The van der Waals surface area contributed by atoms with Gasteiger partial charge in [0.2, 0.25) is 0 Å². The van der Waals surface area contributed by atoms with Crippen molar-refractivity contribution in [3.8, 4) is 0 Å². The standard InChI is InChI=1S/C17H28N2O4/c1-12(2)23-8-7-22-11-15(20)10-19(4)17(21)16-9-14(18)6-5-13(16)3/h5-6,9,12,15,20H,7-8,10-11,18H2,1-4H3. The van der Waals surface area contributed by atoms with E-state index in [0.717, 1.165) is 5.56 Å². The zero-order valence-corrected chi connectivity index (χ0v) is 14.4. The van der Waals surface area contributed by atoms with Crippen LogP contribution in [0.25, 0.3) is 0 Å². The van der Waals surface area contributed by atoms with E-state index in [1.54, 1.807) is 19.2 Å². The smallest absolute Gasteiger partial charge is 0.254 e. The normalized spacial score (nSPS) is 12.4. The molecule has 6 heteroatoms. The SMILES string of the molecule is Cc1ccc(N)cc1C(=O)N(C)CC(O)COCCOC(C)C. The van der Waals surface area contributed by atoms with Crippen molar-refractivity contribution in [3.63, 3.8) is 0 Å². The molecular formula is C17H28N2O4. The quantitative estimate of drug-likeness (QED) is 0.530. The number of hydrogen-bond acceptors (Lipinski definition) is 5. The summed E-state index contributed by atoms with van der Waals surface area (Å²) in [5.41, 5.74) is 7.67. The van der Waals surface area contributed by atoms with Crippen molar-refractivity contribution in [1.82, 2.24) is 4.90 Å². The number of nitrogen functional groups attached to an aromatic ring is 1. The van der Waals surface area contributed by atoms with E-state index in [9.17, 15) is 9.90 Å². The Morgan fingerprint density at radius 1 is 1.35 bits per heavy atom.